The van der Waals surface area contributed by atoms with Crippen LogP contribution in [0.2, 0.25) is 0 Å². The number of rotatable bonds is 4. The maximum absolute atomic E-state index is 11.4. The summed E-state index contributed by atoms with van der Waals surface area (Å²) < 4.78 is 0. The molecule has 5 heteroatoms. The highest BCUT2D eigenvalue weighted by atomic mass is 32.2. The van der Waals surface area contributed by atoms with Gasteiger partial charge in [0.05, 0.1) is 6.54 Å². The van der Waals surface area contributed by atoms with E-state index in [-0.39, 0.29) is 18.5 Å². The quantitative estimate of drug-likeness (QED) is 0.668. The summed E-state index contributed by atoms with van der Waals surface area (Å²) >= 11 is 1.67. The van der Waals surface area contributed by atoms with Gasteiger partial charge in [0, 0.05) is 17.2 Å². The van der Waals surface area contributed by atoms with Crippen molar-refractivity contribution in [2.45, 2.75) is 18.7 Å². The molecule has 1 heterocycles. The van der Waals surface area contributed by atoms with Crippen LogP contribution in [0.1, 0.15) is 11.1 Å². The first kappa shape index (κ1) is 13.0. The van der Waals surface area contributed by atoms with Crippen molar-refractivity contribution in [2.75, 3.05) is 18.8 Å². The number of amides is 3. The fourth-order valence-corrected chi connectivity index (χ4v) is 2.83. The summed E-state index contributed by atoms with van der Waals surface area (Å²) in [5.41, 5.74) is 2.48. The van der Waals surface area contributed by atoms with Crippen LogP contribution in [0, 0.1) is 13.8 Å². The molecule has 0 radical (unpaired) electrons. The van der Waals surface area contributed by atoms with Crippen molar-refractivity contribution in [1.82, 2.24) is 10.2 Å². The van der Waals surface area contributed by atoms with Gasteiger partial charge in [0.15, 0.2) is 0 Å². The number of aryl methyl sites for hydroxylation is 2. The summed E-state index contributed by atoms with van der Waals surface area (Å²) in [6.07, 6.45) is 0. The fourth-order valence-electron chi connectivity index (χ4n) is 1.89. The average molecular weight is 264 g/mol. The molecule has 1 fully saturated rings. The molecule has 96 valence electrons. The molecule has 3 amide bonds. The molecule has 0 unspecified atom stereocenters. The van der Waals surface area contributed by atoms with E-state index in [1.165, 1.54) is 20.9 Å². The lowest BCUT2D eigenvalue weighted by molar-refractivity contribution is -0.124. The van der Waals surface area contributed by atoms with Crippen LogP contribution >= 0.6 is 11.8 Å². The first-order valence-electron chi connectivity index (χ1n) is 5.86. The molecular weight excluding hydrogens is 248 g/mol. The van der Waals surface area contributed by atoms with Crippen molar-refractivity contribution in [3.63, 3.8) is 0 Å². The van der Waals surface area contributed by atoms with Gasteiger partial charge in [0.2, 0.25) is 5.91 Å². The number of benzene rings is 1. The molecule has 0 bridgehead atoms. The van der Waals surface area contributed by atoms with Gasteiger partial charge in [-0.1, -0.05) is 17.7 Å². The van der Waals surface area contributed by atoms with Crippen LogP contribution in [0.3, 0.4) is 0 Å². The molecule has 0 aromatic heterocycles. The molecule has 0 atom stereocenters. The van der Waals surface area contributed by atoms with E-state index in [9.17, 15) is 9.59 Å². The predicted molar refractivity (Wildman–Crippen MR) is 71.8 cm³/mol. The third-order valence-corrected chi connectivity index (χ3v) is 4.00. The minimum atomic E-state index is -0.277. The number of thioether (sulfide) groups is 1. The number of urea groups is 1. The highest BCUT2D eigenvalue weighted by Crippen LogP contribution is 2.23. The third kappa shape index (κ3) is 2.85. The third-order valence-electron chi connectivity index (χ3n) is 2.84. The standard InChI is InChI=1S/C13H16N2O2S/c1-9-3-4-11(10(2)7-9)18-6-5-15-12(16)8-14-13(15)17/h3-4,7H,5-6,8H2,1-2H3,(H,14,17). The summed E-state index contributed by atoms with van der Waals surface area (Å²) in [5, 5.41) is 2.52. The molecule has 0 aliphatic carbocycles. The number of hydrogen-bond acceptors (Lipinski definition) is 3. The van der Waals surface area contributed by atoms with E-state index in [0.717, 1.165) is 5.75 Å². The Labute approximate surface area is 111 Å². The molecule has 4 nitrogen and oxygen atoms in total. The molecule has 1 aliphatic rings. The minimum absolute atomic E-state index is 0.132. The number of carbonyl (C=O) groups is 2. The van der Waals surface area contributed by atoms with E-state index in [2.05, 4.69) is 37.4 Å². The Kier molecular flexibility index (Phi) is 3.91. The van der Waals surface area contributed by atoms with Crippen molar-refractivity contribution in [3.8, 4) is 0 Å². The Morgan fingerprint density at radius 3 is 2.72 bits per heavy atom. The van der Waals surface area contributed by atoms with E-state index < -0.39 is 0 Å². The molecule has 1 saturated heterocycles. The van der Waals surface area contributed by atoms with E-state index in [1.54, 1.807) is 11.8 Å². The molecule has 18 heavy (non-hydrogen) atoms. The first-order valence-corrected chi connectivity index (χ1v) is 6.85. The maximum Gasteiger partial charge on any atom is 0.324 e. The summed E-state index contributed by atoms with van der Waals surface area (Å²) in [5.74, 6) is 0.588. The lowest BCUT2D eigenvalue weighted by Gasteiger charge is -2.12. The molecule has 1 N–H and O–H groups in total. The Morgan fingerprint density at radius 2 is 2.11 bits per heavy atom. The lowest BCUT2D eigenvalue weighted by Crippen LogP contribution is -2.32. The highest BCUT2D eigenvalue weighted by Gasteiger charge is 2.27. The second kappa shape index (κ2) is 5.44. The van der Waals surface area contributed by atoms with E-state index in [0.29, 0.717) is 6.54 Å². The number of hydrogen-bond donors (Lipinski definition) is 1. The summed E-state index contributed by atoms with van der Waals surface area (Å²) in [6, 6.07) is 6.02. The van der Waals surface area contributed by atoms with Crippen LogP contribution in [-0.2, 0) is 4.79 Å². The molecule has 0 saturated carbocycles. The second-order valence-corrected chi connectivity index (χ2v) is 5.46. The second-order valence-electron chi connectivity index (χ2n) is 4.32. The van der Waals surface area contributed by atoms with Crippen LogP contribution in [0.4, 0.5) is 4.79 Å². The average Bonchev–Trinajstić information content (AvgIpc) is 2.63. The van der Waals surface area contributed by atoms with Crippen LogP contribution in [0.25, 0.3) is 0 Å². The van der Waals surface area contributed by atoms with Crippen molar-refractivity contribution in [3.05, 3.63) is 29.3 Å². The molecule has 1 aromatic carbocycles. The van der Waals surface area contributed by atoms with Crippen LogP contribution < -0.4 is 5.32 Å². The molecule has 2 rings (SSSR count). The van der Waals surface area contributed by atoms with Crippen molar-refractivity contribution < 1.29 is 9.59 Å². The Hall–Kier alpha value is -1.49. The summed E-state index contributed by atoms with van der Waals surface area (Å²) in [4.78, 5) is 25.2. The maximum atomic E-state index is 11.4. The largest absolute Gasteiger partial charge is 0.329 e. The van der Waals surface area contributed by atoms with Crippen LogP contribution in [0.15, 0.2) is 23.1 Å². The van der Waals surface area contributed by atoms with Crippen molar-refractivity contribution in [2.24, 2.45) is 0 Å². The van der Waals surface area contributed by atoms with Gasteiger partial charge in [-0.05, 0) is 25.5 Å². The number of nitrogens with zero attached hydrogens (tertiary/aromatic N) is 1. The molecule has 0 spiro atoms. The highest BCUT2D eigenvalue weighted by molar-refractivity contribution is 7.99. The van der Waals surface area contributed by atoms with Gasteiger partial charge in [0.1, 0.15) is 0 Å². The molecule has 1 aliphatic heterocycles. The van der Waals surface area contributed by atoms with Gasteiger partial charge in [-0.15, -0.1) is 11.8 Å². The van der Waals surface area contributed by atoms with Crippen LogP contribution in [0.5, 0.6) is 0 Å². The van der Waals surface area contributed by atoms with Gasteiger partial charge in [0.25, 0.3) is 0 Å². The van der Waals surface area contributed by atoms with Gasteiger partial charge in [-0.3, -0.25) is 9.69 Å². The number of carbonyl (C=O) groups excluding carboxylic acids is 2. The van der Waals surface area contributed by atoms with Gasteiger partial charge in [-0.2, -0.15) is 0 Å². The molecular formula is C13H16N2O2S. The zero-order valence-electron chi connectivity index (χ0n) is 10.5. The van der Waals surface area contributed by atoms with E-state index in [1.807, 2.05) is 0 Å². The van der Waals surface area contributed by atoms with Gasteiger partial charge in [-0.25, -0.2) is 4.79 Å². The van der Waals surface area contributed by atoms with E-state index in [4.69, 9.17) is 0 Å². The first-order chi connectivity index (χ1) is 8.58. The molecule has 1 aromatic rings. The Balaban J connectivity index is 1.88. The van der Waals surface area contributed by atoms with Gasteiger partial charge >= 0.3 is 6.03 Å². The number of nitrogens with one attached hydrogen (secondary N) is 1. The Bertz CT molecular complexity index is 472. The monoisotopic (exact) mass is 264 g/mol. The normalized spacial score (nSPS) is 15.1. The smallest absolute Gasteiger partial charge is 0.324 e. The van der Waals surface area contributed by atoms with Gasteiger partial charge < -0.3 is 5.32 Å². The van der Waals surface area contributed by atoms with Crippen molar-refractivity contribution in [1.29, 1.82) is 0 Å². The SMILES string of the molecule is Cc1ccc(SCCN2C(=O)CNC2=O)c(C)c1. The minimum Gasteiger partial charge on any atom is -0.329 e. The Morgan fingerprint density at radius 1 is 1.33 bits per heavy atom. The number of imide groups is 1. The fraction of sp³-hybridized carbons (Fsp3) is 0.385. The summed E-state index contributed by atoms with van der Waals surface area (Å²) in [6.45, 7) is 4.73. The predicted octanol–water partition coefficient (Wildman–Crippen LogP) is 1.95. The zero-order valence-corrected chi connectivity index (χ0v) is 11.3. The summed E-state index contributed by atoms with van der Waals surface area (Å²) in [7, 11) is 0. The van der Waals surface area contributed by atoms with E-state index >= 15 is 0 Å². The van der Waals surface area contributed by atoms with Crippen molar-refractivity contribution >= 4 is 23.7 Å². The van der Waals surface area contributed by atoms with Crippen LogP contribution in [-0.4, -0.2) is 35.7 Å². The lowest BCUT2D eigenvalue weighted by atomic mass is 10.2. The topological polar surface area (TPSA) is 49.4 Å². The zero-order chi connectivity index (χ0) is 13.1.